The number of ether oxygens (including phenoxy) is 6. The summed E-state index contributed by atoms with van der Waals surface area (Å²) in [6.07, 6.45) is 2.07. The summed E-state index contributed by atoms with van der Waals surface area (Å²) in [6, 6.07) is 47.2. The van der Waals surface area contributed by atoms with E-state index in [1.165, 1.54) is 37.5 Å². The maximum absolute atomic E-state index is 13.0. The Labute approximate surface area is 393 Å². The van der Waals surface area contributed by atoms with Gasteiger partial charge in [0.05, 0.1) is 34.0 Å². The molecule has 6 aromatic carbocycles. The van der Waals surface area contributed by atoms with Gasteiger partial charge in [-0.05, 0) is 59.4 Å². The van der Waals surface area contributed by atoms with E-state index in [4.69, 9.17) is 39.3 Å². The molecule has 8 rings (SSSR count). The Morgan fingerprint density at radius 3 is 1.30 bits per heavy atom. The normalized spacial score (nSPS) is 15.5. The Kier molecular flexibility index (Phi) is 18.9. The Morgan fingerprint density at radius 2 is 0.925 bits per heavy atom. The lowest BCUT2D eigenvalue weighted by molar-refractivity contribution is 0.0695. The number of rotatable bonds is 17. The second-order valence-electron chi connectivity index (χ2n) is 16.2. The number of carboxylic acids is 1. The van der Waals surface area contributed by atoms with Crippen LogP contribution in [0.15, 0.2) is 146 Å². The van der Waals surface area contributed by atoms with Gasteiger partial charge >= 0.3 is 5.97 Å². The van der Waals surface area contributed by atoms with Crippen LogP contribution in [0.3, 0.4) is 0 Å². The van der Waals surface area contributed by atoms with Crippen LogP contribution in [0.5, 0.6) is 34.5 Å². The van der Waals surface area contributed by atoms with Crippen LogP contribution < -0.4 is 39.5 Å². The highest BCUT2D eigenvalue weighted by Gasteiger charge is 2.26. The monoisotopic (exact) mass is 910 g/mol. The van der Waals surface area contributed by atoms with Crippen molar-refractivity contribution < 1.29 is 43.1 Å². The molecular weight excluding hydrogens is 849 g/mol. The number of nitrogens with zero attached hydrogens (tertiary/aromatic N) is 2. The van der Waals surface area contributed by atoms with Gasteiger partial charge in [-0.2, -0.15) is 0 Å². The fourth-order valence-electron chi connectivity index (χ4n) is 7.81. The van der Waals surface area contributed by atoms with Gasteiger partial charge in [0.2, 0.25) is 11.5 Å². The predicted octanol–water partition coefficient (Wildman–Crippen LogP) is 8.49. The number of likely N-dealkylation sites (tertiary alicyclic amines) is 2. The molecule has 2 unspecified atom stereocenters. The lowest BCUT2D eigenvalue weighted by Crippen LogP contribution is -2.37. The minimum atomic E-state index is -1.05. The van der Waals surface area contributed by atoms with E-state index >= 15 is 0 Å². The summed E-state index contributed by atoms with van der Waals surface area (Å²) in [5.74, 6) is 1.24. The van der Waals surface area contributed by atoms with Crippen LogP contribution in [0, 0.1) is 0 Å². The van der Waals surface area contributed by atoms with Crippen LogP contribution >= 0.6 is 0 Å². The second kappa shape index (κ2) is 25.6. The number of aromatic carboxylic acids is 1. The fourth-order valence-corrected chi connectivity index (χ4v) is 7.81. The van der Waals surface area contributed by atoms with Crippen molar-refractivity contribution in [2.45, 2.75) is 51.2 Å². The van der Waals surface area contributed by atoms with Crippen molar-refractivity contribution in [3.05, 3.63) is 179 Å². The van der Waals surface area contributed by atoms with Crippen LogP contribution in [0.25, 0.3) is 0 Å². The van der Waals surface area contributed by atoms with Crippen molar-refractivity contribution in [2.75, 3.05) is 54.6 Å². The van der Waals surface area contributed by atoms with Gasteiger partial charge in [-0.15, -0.1) is 0 Å². The number of methoxy groups -OCH3 is 4. The zero-order valence-corrected chi connectivity index (χ0v) is 38.8. The number of hydrogen-bond donors (Lipinski definition) is 3. The van der Waals surface area contributed by atoms with E-state index in [1.54, 1.807) is 26.4 Å². The zero-order valence-electron chi connectivity index (χ0n) is 38.8. The Morgan fingerprint density at radius 1 is 0.552 bits per heavy atom. The van der Waals surface area contributed by atoms with Crippen molar-refractivity contribution in [3.63, 3.8) is 0 Å². The summed E-state index contributed by atoms with van der Waals surface area (Å²) in [5, 5.41) is 12.2. The molecule has 0 bridgehead atoms. The number of carbonyl (C=O) groups excluding carboxylic acids is 1. The average Bonchev–Trinajstić information content (AvgIpc) is 4.00. The molecule has 2 atom stereocenters. The summed E-state index contributed by atoms with van der Waals surface area (Å²) in [5.41, 5.74) is 11.1. The van der Waals surface area contributed by atoms with E-state index in [-0.39, 0.29) is 17.5 Å². The highest BCUT2D eigenvalue weighted by molar-refractivity contribution is 5.96. The lowest BCUT2D eigenvalue weighted by Gasteiger charge is -2.18. The molecule has 0 saturated carbocycles. The van der Waals surface area contributed by atoms with Crippen molar-refractivity contribution >= 4 is 11.9 Å². The minimum Gasteiger partial charge on any atom is -0.493 e. The van der Waals surface area contributed by atoms with Gasteiger partial charge in [-0.25, -0.2) is 4.79 Å². The quantitative estimate of drug-likeness (QED) is 0.0804. The predicted molar refractivity (Wildman–Crippen MR) is 260 cm³/mol. The maximum Gasteiger partial charge on any atom is 0.335 e. The highest BCUT2D eigenvalue weighted by Crippen LogP contribution is 2.40. The van der Waals surface area contributed by atoms with Gasteiger partial charge in [0.25, 0.3) is 5.91 Å². The van der Waals surface area contributed by atoms with Gasteiger partial charge in [0, 0.05) is 56.9 Å². The molecule has 6 aromatic rings. The Bertz CT molecular complexity index is 2390. The molecule has 2 heterocycles. The van der Waals surface area contributed by atoms with Gasteiger partial charge in [-0.3, -0.25) is 14.6 Å². The third-order valence-electron chi connectivity index (χ3n) is 11.3. The standard InChI is InChI=1S/C27H30N2O4.C16H16O5.C11H16N2/c1-31-24-15-22(16-25(32-2)26(24)33-19-21-11-7-4-8-12-21)27(30)28-23-13-14-29(18-23)17-20-9-5-3-6-10-20;1-19-13-8-12(16(17)18)9-14(20-2)15(13)21-10-11-6-4-3-5-7-11;12-11-6-7-13(9-11)8-10-4-2-1-3-5-10/h3-12,15-16,23H,13-14,17-19H2,1-2H3,(H,28,30);3-9H,10H2,1-2H3,(H,17,18);1-5,11H,6-9,12H2. The first-order valence-electron chi connectivity index (χ1n) is 22.3. The number of nitrogens with two attached hydrogens (primary N) is 1. The van der Waals surface area contributed by atoms with E-state index in [0.29, 0.717) is 59.3 Å². The van der Waals surface area contributed by atoms with Crippen LogP contribution in [-0.4, -0.2) is 93.5 Å². The SMILES string of the molecule is COc1cc(C(=O)NC2CCN(Cc3ccccc3)C2)cc(OC)c1OCc1ccccc1.COc1cc(C(=O)O)cc(OC)c1OCc1ccccc1.NC1CCN(Cc2ccccc2)C1. The topological polar surface area (TPSA) is 154 Å². The van der Waals surface area contributed by atoms with E-state index in [1.807, 2.05) is 66.7 Å². The van der Waals surface area contributed by atoms with Crippen molar-refractivity contribution in [3.8, 4) is 34.5 Å². The molecule has 4 N–H and O–H groups in total. The minimum absolute atomic E-state index is 0.0794. The molecule has 13 nitrogen and oxygen atoms in total. The number of nitrogens with one attached hydrogen (secondary N) is 1. The molecular formula is C54H62N4O9. The number of carboxylic acid groups (broad SMARTS) is 1. The zero-order chi connectivity index (χ0) is 47.4. The molecule has 0 radical (unpaired) electrons. The molecule has 2 aliphatic heterocycles. The van der Waals surface area contributed by atoms with Gasteiger partial charge in [0.15, 0.2) is 23.0 Å². The molecule has 67 heavy (non-hydrogen) atoms. The molecule has 0 aliphatic carbocycles. The van der Waals surface area contributed by atoms with Crippen molar-refractivity contribution in [2.24, 2.45) is 5.73 Å². The fraction of sp³-hybridized carbons (Fsp3) is 0.296. The molecule has 13 heteroatoms. The van der Waals surface area contributed by atoms with Crippen molar-refractivity contribution in [1.82, 2.24) is 15.1 Å². The number of amides is 1. The second-order valence-corrected chi connectivity index (χ2v) is 16.2. The molecule has 2 fully saturated rings. The van der Waals surface area contributed by atoms with Gasteiger partial charge in [-0.1, -0.05) is 121 Å². The first-order valence-corrected chi connectivity index (χ1v) is 22.3. The average molecular weight is 911 g/mol. The molecule has 0 aromatic heterocycles. The van der Waals surface area contributed by atoms with Crippen LogP contribution in [0.1, 0.15) is 55.8 Å². The molecule has 352 valence electrons. The number of hydrogen-bond acceptors (Lipinski definition) is 11. The number of benzene rings is 6. The number of carbonyl (C=O) groups is 2. The Hall–Kier alpha value is -7.06. The summed E-state index contributed by atoms with van der Waals surface area (Å²) in [6.45, 7) is 6.63. The van der Waals surface area contributed by atoms with E-state index in [2.05, 4.69) is 69.7 Å². The lowest BCUT2D eigenvalue weighted by atomic mass is 10.1. The first kappa shape index (κ1) is 49.4. The summed E-state index contributed by atoms with van der Waals surface area (Å²) in [7, 11) is 6.03. The highest BCUT2D eigenvalue weighted by atomic mass is 16.5. The molecule has 2 saturated heterocycles. The van der Waals surface area contributed by atoms with Crippen LogP contribution in [0.4, 0.5) is 0 Å². The van der Waals surface area contributed by atoms with Crippen molar-refractivity contribution in [1.29, 1.82) is 0 Å². The van der Waals surface area contributed by atoms with Crippen LogP contribution in [0.2, 0.25) is 0 Å². The molecule has 2 aliphatic rings. The van der Waals surface area contributed by atoms with E-state index < -0.39 is 5.97 Å². The summed E-state index contributed by atoms with van der Waals surface area (Å²) >= 11 is 0. The first-order chi connectivity index (χ1) is 32.7. The molecule has 0 spiro atoms. The van der Waals surface area contributed by atoms with Crippen LogP contribution in [-0.2, 0) is 26.3 Å². The summed E-state index contributed by atoms with van der Waals surface area (Å²) in [4.78, 5) is 28.9. The maximum atomic E-state index is 13.0. The van der Waals surface area contributed by atoms with E-state index in [9.17, 15) is 9.59 Å². The van der Waals surface area contributed by atoms with E-state index in [0.717, 1.165) is 63.2 Å². The smallest absolute Gasteiger partial charge is 0.335 e. The van der Waals surface area contributed by atoms with Gasteiger partial charge < -0.3 is 44.6 Å². The third-order valence-corrected chi connectivity index (χ3v) is 11.3. The summed E-state index contributed by atoms with van der Waals surface area (Å²) < 4.78 is 33.2. The van der Waals surface area contributed by atoms with Gasteiger partial charge in [0.1, 0.15) is 13.2 Å². The largest absolute Gasteiger partial charge is 0.493 e. The third kappa shape index (κ3) is 15.0. The Balaban J connectivity index is 0.000000185. The molecule has 1 amide bonds.